The van der Waals surface area contributed by atoms with Gasteiger partial charge in [0.2, 0.25) is 0 Å². The van der Waals surface area contributed by atoms with Crippen LogP contribution in [-0.4, -0.2) is 0 Å². The lowest BCUT2D eigenvalue weighted by Crippen LogP contribution is -2.00. The van der Waals surface area contributed by atoms with Gasteiger partial charge in [-0.15, -0.1) is 0 Å². The average Bonchev–Trinajstić information content (AvgIpc) is 2.34. The van der Waals surface area contributed by atoms with Crippen LogP contribution >= 0.6 is 0 Å². The minimum absolute atomic E-state index is 1.12. The highest BCUT2D eigenvalue weighted by Gasteiger charge is 2.09. The van der Waals surface area contributed by atoms with Crippen LogP contribution in [0.5, 0.6) is 0 Å². The predicted octanol–water partition coefficient (Wildman–Crippen LogP) is 4.69. The van der Waals surface area contributed by atoms with Crippen molar-refractivity contribution in [2.75, 3.05) is 0 Å². The first kappa shape index (κ1) is 11.4. The molecule has 0 nitrogen and oxygen atoms in total. The summed E-state index contributed by atoms with van der Waals surface area (Å²) in [7, 11) is 0. The summed E-state index contributed by atoms with van der Waals surface area (Å²) in [5, 5.41) is 0. The van der Waals surface area contributed by atoms with E-state index in [1.165, 1.54) is 48.8 Å². The summed E-state index contributed by atoms with van der Waals surface area (Å²) in [6, 6.07) is 8.73. The van der Waals surface area contributed by atoms with Crippen molar-refractivity contribution in [1.82, 2.24) is 0 Å². The van der Waals surface area contributed by atoms with Crippen molar-refractivity contribution in [2.24, 2.45) is 0 Å². The first-order valence-corrected chi connectivity index (χ1v) is 6.52. The lowest BCUT2D eigenvalue weighted by molar-refractivity contribution is 0.664. The fourth-order valence-corrected chi connectivity index (χ4v) is 2.29. The molecule has 0 saturated heterocycles. The van der Waals surface area contributed by atoms with Crippen LogP contribution in [0.15, 0.2) is 35.9 Å². The Labute approximate surface area is 99.4 Å². The quantitative estimate of drug-likeness (QED) is 0.622. The summed E-state index contributed by atoms with van der Waals surface area (Å²) in [5.41, 5.74) is 4.44. The number of unbranched alkanes of at least 4 members (excludes halogenated alkanes) is 3. The molecule has 0 amide bonds. The molecule has 0 fully saturated rings. The maximum Gasteiger partial charge on any atom is 0.0157 e. The van der Waals surface area contributed by atoms with Crippen molar-refractivity contribution in [3.05, 3.63) is 53.5 Å². The minimum atomic E-state index is 1.12. The highest BCUT2D eigenvalue weighted by molar-refractivity contribution is 5.44. The molecule has 1 aromatic carbocycles. The van der Waals surface area contributed by atoms with Crippen LogP contribution in [0.25, 0.3) is 0 Å². The van der Waals surface area contributed by atoms with Gasteiger partial charge >= 0.3 is 0 Å². The van der Waals surface area contributed by atoms with E-state index in [9.17, 15) is 0 Å². The molecule has 0 aromatic heterocycles. The number of fused-ring (bicyclic) bond motifs is 1. The summed E-state index contributed by atoms with van der Waals surface area (Å²) in [6.07, 6.45) is 12.6. The highest BCUT2D eigenvalue weighted by atomic mass is 14.1. The molecule has 85 valence electrons. The number of rotatable bonds is 5. The van der Waals surface area contributed by atoms with E-state index in [2.05, 4.69) is 43.7 Å². The molecule has 0 N–H and O–H groups in total. The number of benzene rings is 1. The van der Waals surface area contributed by atoms with Crippen LogP contribution in [0.2, 0.25) is 0 Å². The Hall–Kier alpha value is -1.04. The van der Waals surface area contributed by atoms with Gasteiger partial charge in [-0.1, -0.05) is 62.1 Å². The van der Waals surface area contributed by atoms with E-state index in [1.807, 2.05) is 0 Å². The lowest BCUT2D eigenvalue weighted by Gasteiger charge is -2.16. The lowest BCUT2D eigenvalue weighted by atomic mass is 9.89. The van der Waals surface area contributed by atoms with Crippen molar-refractivity contribution in [1.29, 1.82) is 0 Å². The zero-order valence-electron chi connectivity index (χ0n) is 10.2. The highest BCUT2D eigenvalue weighted by Crippen LogP contribution is 2.25. The molecule has 1 aliphatic rings. The maximum atomic E-state index is 2.40. The molecule has 0 aliphatic heterocycles. The van der Waals surface area contributed by atoms with Crippen molar-refractivity contribution < 1.29 is 0 Å². The second-order valence-electron chi connectivity index (χ2n) is 4.64. The van der Waals surface area contributed by atoms with E-state index in [0.29, 0.717) is 0 Å². The van der Waals surface area contributed by atoms with E-state index in [0.717, 1.165) is 6.42 Å². The molecule has 0 spiro atoms. The summed E-state index contributed by atoms with van der Waals surface area (Å²) in [5.74, 6) is 0. The van der Waals surface area contributed by atoms with Gasteiger partial charge in [0.25, 0.3) is 0 Å². The van der Waals surface area contributed by atoms with Gasteiger partial charge in [-0.3, -0.25) is 0 Å². The Kier molecular flexibility index (Phi) is 4.21. The third-order valence-electron chi connectivity index (χ3n) is 3.30. The monoisotopic (exact) mass is 213 g/mol. The van der Waals surface area contributed by atoms with Gasteiger partial charge in [0.05, 0.1) is 0 Å². The summed E-state index contributed by atoms with van der Waals surface area (Å²) in [6.45, 7) is 2.27. The first-order chi connectivity index (χ1) is 7.90. The molecule has 0 heteroatoms. The number of hydrogen-bond donors (Lipinski definition) is 0. The molecule has 0 heterocycles. The zero-order chi connectivity index (χ0) is 11.2. The fourth-order valence-electron chi connectivity index (χ4n) is 2.29. The molecule has 2 rings (SSSR count). The second kappa shape index (κ2) is 5.89. The molecule has 0 saturated carbocycles. The molecule has 0 bridgehead atoms. The van der Waals surface area contributed by atoms with E-state index in [4.69, 9.17) is 0 Å². The Morgan fingerprint density at radius 3 is 2.81 bits per heavy atom. The Morgan fingerprint density at radius 1 is 1.06 bits per heavy atom. The fraction of sp³-hybridized carbons (Fsp3) is 0.438. The van der Waals surface area contributed by atoms with Crippen molar-refractivity contribution in [2.45, 2.75) is 45.4 Å². The van der Waals surface area contributed by atoms with Crippen molar-refractivity contribution >= 4 is 0 Å². The van der Waals surface area contributed by atoms with Crippen LogP contribution in [0, 0.1) is 6.42 Å². The van der Waals surface area contributed by atoms with Crippen molar-refractivity contribution in [3.63, 3.8) is 0 Å². The largest absolute Gasteiger partial charge is 0.0803 e. The summed E-state index contributed by atoms with van der Waals surface area (Å²) in [4.78, 5) is 0. The van der Waals surface area contributed by atoms with Crippen LogP contribution in [0.1, 0.15) is 50.2 Å². The van der Waals surface area contributed by atoms with Gasteiger partial charge in [0, 0.05) is 6.42 Å². The topological polar surface area (TPSA) is 0 Å². The smallest absolute Gasteiger partial charge is 0.0157 e. The van der Waals surface area contributed by atoms with Crippen LogP contribution < -0.4 is 0 Å². The van der Waals surface area contributed by atoms with Gasteiger partial charge < -0.3 is 0 Å². The standard InChI is InChI=1S/C16H21/c1-2-3-4-5-8-14-11-12-15-9-6-7-10-16(15)13-14/h6-7,9-11,13H,2-5,8,12H2,1H3. The summed E-state index contributed by atoms with van der Waals surface area (Å²) < 4.78 is 0. The number of allylic oxidation sites excluding steroid dienone is 2. The Bertz CT molecular complexity index is 360. The Balaban J connectivity index is 1.84. The SMILES string of the molecule is CCCCCCC1=CCc2ccccc2[CH]1. The molecule has 16 heavy (non-hydrogen) atoms. The maximum absolute atomic E-state index is 2.40. The Morgan fingerprint density at radius 2 is 1.94 bits per heavy atom. The molecule has 0 atom stereocenters. The third kappa shape index (κ3) is 2.98. The molecule has 1 aliphatic carbocycles. The van der Waals surface area contributed by atoms with E-state index in [-0.39, 0.29) is 0 Å². The molecular formula is C16H21. The van der Waals surface area contributed by atoms with Crippen LogP contribution in [0.3, 0.4) is 0 Å². The third-order valence-corrected chi connectivity index (χ3v) is 3.30. The van der Waals surface area contributed by atoms with Crippen LogP contribution in [0.4, 0.5) is 0 Å². The zero-order valence-corrected chi connectivity index (χ0v) is 10.2. The van der Waals surface area contributed by atoms with Gasteiger partial charge in [0.15, 0.2) is 0 Å². The van der Waals surface area contributed by atoms with Gasteiger partial charge in [-0.25, -0.2) is 0 Å². The molecule has 1 aromatic rings. The second-order valence-corrected chi connectivity index (χ2v) is 4.64. The van der Waals surface area contributed by atoms with Gasteiger partial charge in [0.1, 0.15) is 0 Å². The predicted molar refractivity (Wildman–Crippen MR) is 70.4 cm³/mol. The van der Waals surface area contributed by atoms with E-state index >= 15 is 0 Å². The number of hydrogen-bond acceptors (Lipinski definition) is 0. The van der Waals surface area contributed by atoms with Crippen molar-refractivity contribution in [3.8, 4) is 0 Å². The molecule has 1 radical (unpaired) electrons. The van der Waals surface area contributed by atoms with Gasteiger partial charge in [-0.2, -0.15) is 0 Å². The minimum Gasteiger partial charge on any atom is -0.0803 e. The molecule has 0 unspecified atom stereocenters. The summed E-state index contributed by atoms with van der Waals surface area (Å²) >= 11 is 0. The van der Waals surface area contributed by atoms with Crippen LogP contribution in [-0.2, 0) is 6.42 Å². The molecular weight excluding hydrogens is 192 g/mol. The van der Waals surface area contributed by atoms with E-state index < -0.39 is 0 Å². The normalized spacial score (nSPS) is 14.4. The van der Waals surface area contributed by atoms with Gasteiger partial charge in [-0.05, 0) is 30.4 Å². The van der Waals surface area contributed by atoms with E-state index in [1.54, 1.807) is 0 Å². The first-order valence-electron chi connectivity index (χ1n) is 6.52. The average molecular weight is 213 g/mol.